The fourth-order valence-corrected chi connectivity index (χ4v) is 7.67. The van der Waals surface area contributed by atoms with Crippen LogP contribution in [0.15, 0.2) is 134 Å². The van der Waals surface area contributed by atoms with E-state index in [-0.39, 0.29) is 25.9 Å². The standard InChI is InChI=1S/C62H99O11P/c1-4-7-10-13-16-19-22-25-28-29-32-33-36-39-42-45-48-51-60(64)69-55-59(73-62(66)53-50-47-44-41-38-35-31-27-24-21-18-15-12-9-6-3)57-71-74(67,68)70-56-58(54-63)72-61(65)52-49-46-43-40-37-34-30-26-23-20-17-14-11-8-5-2/h7-12,16-21,25-28,30-33,39,42,58-59,63H,4-6,13-15,22-24,29,34-38,40-41,43-57H2,1-3H3,(H,67,68)/b10-7-,11-8-,12-9-,19-16-,20-17-,21-18-,28-25-,30-26-,31-27-,33-32-,42-39-. The minimum absolute atomic E-state index is 0.127. The van der Waals surface area contributed by atoms with Crippen LogP contribution in [0.3, 0.4) is 0 Å². The fraction of sp³-hybridized carbons (Fsp3) is 0.597. The lowest BCUT2D eigenvalue weighted by molar-refractivity contribution is -0.161. The molecule has 2 N–H and O–H groups in total. The van der Waals surface area contributed by atoms with Crippen molar-refractivity contribution in [2.24, 2.45) is 0 Å². The third kappa shape index (κ3) is 52.5. The highest BCUT2D eigenvalue weighted by Crippen LogP contribution is 2.43. The minimum Gasteiger partial charge on any atom is -0.462 e. The first kappa shape index (κ1) is 69.6. The molecule has 0 saturated carbocycles. The molecule has 0 aliphatic carbocycles. The number of esters is 3. The third-order valence-electron chi connectivity index (χ3n) is 11.1. The van der Waals surface area contributed by atoms with Gasteiger partial charge in [0.2, 0.25) is 0 Å². The summed E-state index contributed by atoms with van der Waals surface area (Å²) in [6, 6.07) is 0. The second-order valence-corrected chi connectivity index (χ2v) is 19.4. The Bertz CT molecular complexity index is 1750. The van der Waals surface area contributed by atoms with Crippen molar-refractivity contribution < 1.29 is 52.2 Å². The molecule has 74 heavy (non-hydrogen) atoms. The van der Waals surface area contributed by atoms with Crippen molar-refractivity contribution in [2.75, 3.05) is 26.4 Å². The Morgan fingerprint density at radius 1 is 0.378 bits per heavy atom. The van der Waals surface area contributed by atoms with E-state index in [1.54, 1.807) is 0 Å². The lowest BCUT2D eigenvalue weighted by Crippen LogP contribution is -2.30. The van der Waals surface area contributed by atoms with Gasteiger partial charge in [0.05, 0.1) is 19.8 Å². The summed E-state index contributed by atoms with van der Waals surface area (Å²) < 4.78 is 39.4. The maximum Gasteiger partial charge on any atom is 0.472 e. The minimum atomic E-state index is -4.78. The largest absolute Gasteiger partial charge is 0.472 e. The highest BCUT2D eigenvalue weighted by Gasteiger charge is 2.28. The average molecular weight is 1050 g/mol. The fourth-order valence-electron chi connectivity index (χ4n) is 6.89. The van der Waals surface area contributed by atoms with E-state index in [0.717, 1.165) is 135 Å². The Morgan fingerprint density at radius 2 is 0.676 bits per heavy atom. The van der Waals surface area contributed by atoms with Gasteiger partial charge >= 0.3 is 25.7 Å². The maximum absolute atomic E-state index is 12.9. The van der Waals surface area contributed by atoms with Gasteiger partial charge in [-0.25, -0.2) is 4.57 Å². The number of rotatable bonds is 50. The molecule has 0 aromatic heterocycles. The SMILES string of the molecule is CC/C=C\C/C=C\C/C=C\C/C=C\C/C=C\CCCC(=O)OCC(COP(=O)(O)OCC(CO)OC(=O)CCCCCCC/C=C\C/C=C\C/C=C\CC)OC(=O)CCCCCCC/C=C\C/C=C\C/C=C\CC. The monoisotopic (exact) mass is 1050 g/mol. The first-order valence-electron chi connectivity index (χ1n) is 28.1. The van der Waals surface area contributed by atoms with Gasteiger partial charge in [-0.05, 0) is 122 Å². The number of hydrogen-bond acceptors (Lipinski definition) is 10. The average Bonchev–Trinajstić information content (AvgIpc) is 3.39. The van der Waals surface area contributed by atoms with Crippen molar-refractivity contribution in [1.82, 2.24) is 0 Å². The highest BCUT2D eigenvalue weighted by molar-refractivity contribution is 7.47. The van der Waals surface area contributed by atoms with Crippen molar-refractivity contribution in [3.05, 3.63) is 134 Å². The summed E-state index contributed by atoms with van der Waals surface area (Å²) in [4.78, 5) is 48.5. The molecule has 0 aromatic rings. The van der Waals surface area contributed by atoms with E-state index >= 15 is 0 Å². The number of carbonyl (C=O) groups is 3. The molecule has 3 atom stereocenters. The Hall–Kier alpha value is -4.38. The van der Waals surface area contributed by atoms with Crippen LogP contribution in [0, 0.1) is 0 Å². The Balaban J connectivity index is 4.87. The van der Waals surface area contributed by atoms with Gasteiger partial charge in [0.25, 0.3) is 0 Å². The van der Waals surface area contributed by atoms with Crippen molar-refractivity contribution in [3.8, 4) is 0 Å². The molecule has 0 spiro atoms. The van der Waals surface area contributed by atoms with Gasteiger partial charge in [0, 0.05) is 19.3 Å². The molecule has 0 fully saturated rings. The molecule has 0 radical (unpaired) electrons. The number of hydrogen-bond donors (Lipinski definition) is 2. The van der Waals surface area contributed by atoms with Crippen LogP contribution in [0.5, 0.6) is 0 Å². The lowest BCUT2D eigenvalue weighted by Gasteiger charge is -2.21. The van der Waals surface area contributed by atoms with Gasteiger partial charge in [-0.1, -0.05) is 193 Å². The molecule has 3 unspecified atom stereocenters. The van der Waals surface area contributed by atoms with Crippen LogP contribution in [0.1, 0.15) is 201 Å². The topological polar surface area (TPSA) is 155 Å². The summed E-state index contributed by atoms with van der Waals surface area (Å²) in [5.74, 6) is -1.59. The highest BCUT2D eigenvalue weighted by atomic mass is 31.2. The molecule has 0 aliphatic heterocycles. The number of allylic oxidation sites excluding steroid dienone is 22. The molecular weight excluding hydrogens is 952 g/mol. The van der Waals surface area contributed by atoms with Crippen LogP contribution in [0.25, 0.3) is 0 Å². The van der Waals surface area contributed by atoms with E-state index in [2.05, 4.69) is 148 Å². The summed E-state index contributed by atoms with van der Waals surface area (Å²) in [6.45, 7) is 4.18. The molecule has 0 rings (SSSR count). The van der Waals surface area contributed by atoms with E-state index in [9.17, 15) is 28.9 Å². The van der Waals surface area contributed by atoms with Crippen LogP contribution >= 0.6 is 7.82 Å². The van der Waals surface area contributed by atoms with Gasteiger partial charge in [-0.15, -0.1) is 0 Å². The molecule has 0 heterocycles. The van der Waals surface area contributed by atoms with Crippen LogP contribution in [-0.4, -0.2) is 66.5 Å². The third-order valence-corrected chi connectivity index (χ3v) is 12.0. The zero-order valence-corrected chi connectivity index (χ0v) is 46.9. The van der Waals surface area contributed by atoms with Gasteiger partial charge in [-0.3, -0.25) is 23.4 Å². The predicted molar refractivity (Wildman–Crippen MR) is 306 cm³/mol. The van der Waals surface area contributed by atoms with Gasteiger partial charge in [0.1, 0.15) is 12.7 Å². The smallest absolute Gasteiger partial charge is 0.462 e. The summed E-state index contributed by atoms with van der Waals surface area (Å²) in [7, 11) is -4.78. The maximum atomic E-state index is 12.9. The zero-order chi connectivity index (χ0) is 54.1. The Morgan fingerprint density at radius 3 is 1.05 bits per heavy atom. The quantitative estimate of drug-likeness (QED) is 0.0197. The summed E-state index contributed by atoms with van der Waals surface area (Å²) in [5.41, 5.74) is 0. The van der Waals surface area contributed by atoms with Crippen molar-refractivity contribution >= 4 is 25.7 Å². The molecular formula is C62H99O11P. The number of aliphatic hydroxyl groups is 1. The van der Waals surface area contributed by atoms with Gasteiger partial charge in [-0.2, -0.15) is 0 Å². The predicted octanol–water partition coefficient (Wildman–Crippen LogP) is 16.6. The second-order valence-electron chi connectivity index (χ2n) is 18.0. The van der Waals surface area contributed by atoms with Crippen LogP contribution in [0.2, 0.25) is 0 Å². The summed E-state index contributed by atoms with van der Waals surface area (Å²) in [6.07, 6.45) is 68.5. The number of phosphoric acid groups is 1. The number of ether oxygens (including phenoxy) is 3. The van der Waals surface area contributed by atoms with Gasteiger partial charge < -0.3 is 24.2 Å². The Labute approximate surface area is 449 Å². The van der Waals surface area contributed by atoms with E-state index in [4.69, 9.17) is 23.3 Å². The van der Waals surface area contributed by atoms with E-state index in [1.165, 1.54) is 0 Å². The lowest BCUT2D eigenvalue weighted by atomic mass is 10.1. The number of carbonyl (C=O) groups excluding carboxylic acids is 3. The molecule has 11 nitrogen and oxygen atoms in total. The number of unbranched alkanes of at least 4 members (excludes halogenated alkanes) is 11. The van der Waals surface area contributed by atoms with Crippen molar-refractivity contribution in [3.63, 3.8) is 0 Å². The molecule has 418 valence electrons. The molecule has 0 bridgehead atoms. The number of phosphoric ester groups is 1. The molecule has 0 aliphatic rings. The normalized spacial score (nSPS) is 14.4. The summed E-state index contributed by atoms with van der Waals surface area (Å²) in [5, 5.41) is 9.81. The molecule has 0 aromatic carbocycles. The van der Waals surface area contributed by atoms with E-state index in [1.807, 2.05) is 6.08 Å². The Kier molecular flexibility index (Phi) is 51.6. The van der Waals surface area contributed by atoms with Crippen LogP contribution in [0.4, 0.5) is 0 Å². The second kappa shape index (κ2) is 54.9. The first-order chi connectivity index (χ1) is 36.2. The van der Waals surface area contributed by atoms with Crippen molar-refractivity contribution in [2.45, 2.75) is 213 Å². The summed E-state index contributed by atoms with van der Waals surface area (Å²) >= 11 is 0. The van der Waals surface area contributed by atoms with E-state index in [0.29, 0.717) is 25.7 Å². The van der Waals surface area contributed by atoms with Crippen LogP contribution < -0.4 is 0 Å². The zero-order valence-electron chi connectivity index (χ0n) is 46.0. The van der Waals surface area contributed by atoms with Gasteiger partial charge in [0.15, 0.2) is 6.10 Å². The first-order valence-corrected chi connectivity index (χ1v) is 29.6. The van der Waals surface area contributed by atoms with Crippen LogP contribution in [-0.2, 0) is 42.2 Å². The molecule has 12 heteroatoms. The molecule has 0 saturated heterocycles. The molecule has 0 amide bonds. The number of aliphatic hydroxyl groups excluding tert-OH is 1. The van der Waals surface area contributed by atoms with E-state index < -0.39 is 57.8 Å². The van der Waals surface area contributed by atoms with Crippen molar-refractivity contribution in [1.29, 1.82) is 0 Å².